The highest BCUT2D eigenvalue weighted by Gasteiger charge is 2.27. The van der Waals surface area contributed by atoms with Crippen LogP contribution in [-0.2, 0) is 16.6 Å². The first-order chi connectivity index (χ1) is 12.3. The summed E-state index contributed by atoms with van der Waals surface area (Å²) in [7, 11) is -3.62. The Balaban J connectivity index is 2.11. The van der Waals surface area contributed by atoms with Crippen molar-refractivity contribution in [3.05, 3.63) is 64.1 Å². The van der Waals surface area contributed by atoms with E-state index < -0.39 is 21.7 Å². The van der Waals surface area contributed by atoms with Crippen molar-refractivity contribution in [3.8, 4) is 0 Å². The van der Waals surface area contributed by atoms with E-state index >= 15 is 0 Å². The second-order valence-corrected chi connectivity index (χ2v) is 9.62. The molecule has 0 aliphatic rings. The first-order valence-electron chi connectivity index (χ1n) is 7.95. The van der Waals surface area contributed by atoms with Gasteiger partial charge in [-0.2, -0.15) is 0 Å². The number of benzene rings is 2. The van der Waals surface area contributed by atoms with Gasteiger partial charge in [0.05, 0.1) is 16.8 Å². The number of anilines is 1. The molecule has 0 aliphatic carbocycles. The lowest BCUT2D eigenvalue weighted by atomic mass is 10.2. The van der Waals surface area contributed by atoms with Gasteiger partial charge >= 0.3 is 0 Å². The maximum atomic E-state index is 13.6. The van der Waals surface area contributed by atoms with Crippen LogP contribution in [0.4, 0.5) is 13.8 Å². The molecule has 0 aliphatic heterocycles. The summed E-state index contributed by atoms with van der Waals surface area (Å²) < 4.78 is 55.4. The van der Waals surface area contributed by atoms with Crippen LogP contribution >= 0.6 is 27.3 Å². The molecule has 2 aromatic carbocycles. The van der Waals surface area contributed by atoms with Crippen molar-refractivity contribution in [2.75, 3.05) is 10.1 Å². The number of rotatable bonds is 6. The topological polar surface area (TPSA) is 37.4 Å². The second-order valence-electron chi connectivity index (χ2n) is 5.79. The predicted octanol–water partition coefficient (Wildman–Crippen LogP) is 5.69. The lowest BCUT2D eigenvalue weighted by Crippen LogP contribution is -2.32. The van der Waals surface area contributed by atoms with E-state index in [9.17, 15) is 17.2 Å². The Kier molecular flexibility index (Phi) is 5.64. The van der Waals surface area contributed by atoms with Crippen molar-refractivity contribution in [1.29, 1.82) is 0 Å². The molecule has 0 bridgehead atoms. The Labute approximate surface area is 163 Å². The average molecular weight is 460 g/mol. The van der Waals surface area contributed by atoms with Gasteiger partial charge in [-0.15, -0.1) is 11.3 Å². The Morgan fingerprint density at radius 1 is 1.12 bits per heavy atom. The molecule has 3 aromatic rings. The summed E-state index contributed by atoms with van der Waals surface area (Å²) in [6, 6.07) is 11.0. The molecule has 0 N–H and O–H groups in total. The number of sulfonamides is 1. The van der Waals surface area contributed by atoms with Crippen LogP contribution in [0.3, 0.4) is 0 Å². The third-order valence-electron chi connectivity index (χ3n) is 3.85. The normalized spacial score (nSPS) is 11.8. The van der Waals surface area contributed by atoms with Crippen LogP contribution in [0.1, 0.15) is 18.9 Å². The van der Waals surface area contributed by atoms with Crippen LogP contribution in [0.5, 0.6) is 0 Å². The van der Waals surface area contributed by atoms with Gasteiger partial charge in [0.25, 0.3) is 0 Å². The van der Waals surface area contributed by atoms with E-state index in [-0.39, 0.29) is 12.3 Å². The molecule has 3 nitrogen and oxygen atoms in total. The van der Waals surface area contributed by atoms with Crippen molar-refractivity contribution in [3.63, 3.8) is 0 Å². The van der Waals surface area contributed by atoms with Gasteiger partial charge in [0.1, 0.15) is 5.00 Å². The van der Waals surface area contributed by atoms with Crippen molar-refractivity contribution < 1.29 is 17.2 Å². The molecular weight excluding hydrogens is 444 g/mol. The van der Waals surface area contributed by atoms with E-state index in [1.165, 1.54) is 21.7 Å². The molecule has 0 radical (unpaired) electrons. The minimum absolute atomic E-state index is 0.0304. The van der Waals surface area contributed by atoms with Crippen LogP contribution in [0.25, 0.3) is 10.1 Å². The van der Waals surface area contributed by atoms with Gasteiger partial charge in [-0.1, -0.05) is 31.2 Å². The van der Waals surface area contributed by atoms with Gasteiger partial charge in [0, 0.05) is 10.1 Å². The lowest BCUT2D eigenvalue weighted by molar-refractivity contribution is 0.507. The van der Waals surface area contributed by atoms with Gasteiger partial charge < -0.3 is 0 Å². The molecule has 0 unspecified atom stereocenters. The summed E-state index contributed by atoms with van der Waals surface area (Å²) in [5.41, 5.74) is 0.382. The fourth-order valence-electron chi connectivity index (χ4n) is 2.63. The summed E-state index contributed by atoms with van der Waals surface area (Å²) in [4.78, 5) is 0. The van der Waals surface area contributed by atoms with E-state index in [0.29, 0.717) is 21.5 Å². The highest BCUT2D eigenvalue weighted by molar-refractivity contribution is 9.10. The molecule has 3 rings (SSSR count). The zero-order chi connectivity index (χ0) is 18.9. The second kappa shape index (κ2) is 7.62. The Morgan fingerprint density at radius 3 is 2.50 bits per heavy atom. The number of nitrogens with zero attached hydrogens (tertiary/aromatic N) is 1. The van der Waals surface area contributed by atoms with Crippen molar-refractivity contribution in [2.45, 2.75) is 19.9 Å². The maximum absolute atomic E-state index is 13.6. The minimum atomic E-state index is -3.62. The van der Waals surface area contributed by atoms with Crippen molar-refractivity contribution >= 4 is 52.4 Å². The molecule has 0 fully saturated rings. The summed E-state index contributed by atoms with van der Waals surface area (Å²) in [5.74, 6) is -1.98. The van der Waals surface area contributed by atoms with E-state index in [4.69, 9.17) is 0 Å². The minimum Gasteiger partial charge on any atom is -0.255 e. The van der Waals surface area contributed by atoms with Crippen LogP contribution in [0, 0.1) is 11.6 Å². The van der Waals surface area contributed by atoms with Gasteiger partial charge in [0.15, 0.2) is 11.6 Å². The van der Waals surface area contributed by atoms with E-state index in [2.05, 4.69) is 15.9 Å². The smallest absolute Gasteiger partial charge is 0.236 e. The van der Waals surface area contributed by atoms with Crippen LogP contribution in [-0.4, -0.2) is 14.2 Å². The first kappa shape index (κ1) is 19.3. The van der Waals surface area contributed by atoms with E-state index in [1.807, 2.05) is 24.3 Å². The largest absolute Gasteiger partial charge is 0.255 e. The first-order valence-corrected chi connectivity index (χ1v) is 11.2. The Bertz CT molecular complexity index is 1050. The molecule has 1 aromatic heterocycles. The highest BCUT2D eigenvalue weighted by Crippen LogP contribution is 2.43. The van der Waals surface area contributed by atoms with Gasteiger partial charge in [0.2, 0.25) is 10.0 Å². The quantitative estimate of drug-likeness (QED) is 0.474. The fourth-order valence-corrected chi connectivity index (χ4v) is 6.56. The lowest BCUT2D eigenvalue weighted by Gasteiger charge is -2.23. The number of halogens is 3. The van der Waals surface area contributed by atoms with Crippen molar-refractivity contribution in [1.82, 2.24) is 0 Å². The average Bonchev–Trinajstić information content (AvgIpc) is 2.92. The molecule has 0 saturated carbocycles. The monoisotopic (exact) mass is 459 g/mol. The van der Waals surface area contributed by atoms with Gasteiger partial charge in [-0.3, -0.25) is 4.31 Å². The zero-order valence-electron chi connectivity index (χ0n) is 13.9. The Hall–Kier alpha value is -1.51. The SMILES string of the molecule is CCCS(=O)(=O)N(Cc1ccc(F)c(F)c1)c1sc2ccccc2c1Br. The zero-order valence-corrected chi connectivity index (χ0v) is 17.1. The van der Waals surface area contributed by atoms with Crippen molar-refractivity contribution in [2.24, 2.45) is 0 Å². The summed E-state index contributed by atoms with van der Waals surface area (Å²) in [5, 5.41) is 1.44. The molecule has 0 amide bonds. The van der Waals surface area contributed by atoms with Crippen LogP contribution < -0.4 is 4.31 Å². The van der Waals surface area contributed by atoms with Gasteiger partial charge in [-0.25, -0.2) is 17.2 Å². The molecular formula is C18H16BrF2NO2S2. The predicted molar refractivity (Wildman–Crippen MR) is 106 cm³/mol. The maximum Gasteiger partial charge on any atom is 0.236 e. The fraction of sp³-hybridized carbons (Fsp3) is 0.222. The molecule has 0 saturated heterocycles. The molecule has 0 spiro atoms. The number of thiophene rings is 1. The van der Waals surface area contributed by atoms with Crippen LogP contribution in [0.15, 0.2) is 46.9 Å². The number of hydrogen-bond acceptors (Lipinski definition) is 3. The molecule has 26 heavy (non-hydrogen) atoms. The number of hydrogen-bond donors (Lipinski definition) is 0. The van der Waals surface area contributed by atoms with Crippen LogP contribution in [0.2, 0.25) is 0 Å². The standard InChI is InChI=1S/C18H16BrF2NO2S2/c1-2-9-26(23,24)22(11-12-7-8-14(20)15(21)10-12)18-17(19)13-5-3-4-6-16(13)25-18/h3-8,10H,2,9,11H2,1H3. The summed E-state index contributed by atoms with van der Waals surface area (Å²) in [6.07, 6.45) is 0.457. The molecule has 8 heteroatoms. The third-order valence-corrected chi connectivity index (χ3v) is 8.13. The summed E-state index contributed by atoms with van der Waals surface area (Å²) >= 11 is 4.85. The third kappa shape index (κ3) is 3.77. The molecule has 1 heterocycles. The van der Waals surface area contributed by atoms with E-state index in [0.717, 1.165) is 22.2 Å². The summed E-state index contributed by atoms with van der Waals surface area (Å²) in [6.45, 7) is 1.72. The van der Waals surface area contributed by atoms with E-state index in [1.54, 1.807) is 6.92 Å². The highest BCUT2D eigenvalue weighted by atomic mass is 79.9. The molecule has 138 valence electrons. The molecule has 0 atom stereocenters. The number of fused-ring (bicyclic) bond motifs is 1. The van der Waals surface area contributed by atoms with Gasteiger partial charge in [-0.05, 0) is 46.1 Å². The Morgan fingerprint density at radius 2 is 1.85 bits per heavy atom.